The lowest BCUT2D eigenvalue weighted by molar-refractivity contribution is 0.107. The lowest BCUT2D eigenvalue weighted by atomic mass is 10.2. The molecule has 1 aliphatic heterocycles. The maximum Gasteiger partial charge on any atom is 0.639 e. The van der Waals surface area contributed by atoms with Crippen molar-refractivity contribution in [3.05, 3.63) is 63.9 Å². The third-order valence-corrected chi connectivity index (χ3v) is 4.41. The normalized spacial score (nSPS) is 14.6. The molecule has 128 valence electrons. The van der Waals surface area contributed by atoms with Gasteiger partial charge in [-0.25, -0.2) is 4.85 Å². The summed E-state index contributed by atoms with van der Waals surface area (Å²) in [7, 11) is -0.625. The van der Waals surface area contributed by atoms with E-state index in [4.69, 9.17) is 25.3 Å². The van der Waals surface area contributed by atoms with Crippen LogP contribution in [0, 0.1) is 6.57 Å². The first-order chi connectivity index (χ1) is 12.2. The van der Waals surface area contributed by atoms with Gasteiger partial charge in [0.25, 0.3) is 0 Å². The second-order valence-corrected chi connectivity index (χ2v) is 6.36. The summed E-state index contributed by atoms with van der Waals surface area (Å²) in [6, 6.07) is 12.7. The number of hydrogen-bond donors (Lipinski definition) is 0. The van der Waals surface area contributed by atoms with Crippen LogP contribution in [0.5, 0.6) is 11.5 Å². The Morgan fingerprint density at radius 1 is 1.04 bits per heavy atom. The molecule has 7 heteroatoms. The molecule has 0 radical (unpaired) electrons. The van der Waals surface area contributed by atoms with E-state index in [1.807, 2.05) is 18.2 Å². The van der Waals surface area contributed by atoms with Crippen LogP contribution in [0.4, 0.5) is 5.69 Å². The average Bonchev–Trinajstić information content (AvgIpc) is 2.91. The van der Waals surface area contributed by atoms with Crippen molar-refractivity contribution < 1.29 is 18.7 Å². The molecule has 25 heavy (non-hydrogen) atoms. The third-order valence-electron chi connectivity index (χ3n) is 3.64. The van der Waals surface area contributed by atoms with Crippen molar-refractivity contribution in [3.8, 4) is 11.5 Å². The number of benzene rings is 2. The van der Waals surface area contributed by atoms with Gasteiger partial charge in [-0.3, -0.25) is 0 Å². The van der Waals surface area contributed by atoms with Gasteiger partial charge >= 0.3 is 7.32 Å². The van der Waals surface area contributed by atoms with E-state index in [1.54, 1.807) is 24.3 Å². The summed E-state index contributed by atoms with van der Waals surface area (Å²) in [6.07, 6.45) is 1.97. The minimum absolute atomic E-state index is 0.346. The Morgan fingerprint density at radius 3 is 2.40 bits per heavy atom. The lowest BCUT2D eigenvalue weighted by Gasteiger charge is -2.13. The zero-order chi connectivity index (χ0) is 17.5. The predicted octanol–water partition coefficient (Wildman–Crippen LogP) is 5.12. The van der Waals surface area contributed by atoms with Crippen molar-refractivity contribution in [1.82, 2.24) is 0 Å². The molecule has 0 atom stereocenters. The average molecular weight is 402 g/mol. The standard InChI is InChI=1S/C18H17BBrNO4/c1-21-15-4-6-16(7-5-15)25-17-8-9-18(20)14(12-17)13-24-19-22-10-2-3-11-23-19/h4-9,12H,2-3,10-11,13H2. The van der Waals surface area contributed by atoms with Crippen molar-refractivity contribution in [1.29, 1.82) is 0 Å². The number of halogens is 1. The summed E-state index contributed by atoms with van der Waals surface area (Å²) in [5, 5.41) is 0. The van der Waals surface area contributed by atoms with E-state index in [0.717, 1.165) is 22.9 Å². The van der Waals surface area contributed by atoms with Crippen molar-refractivity contribution >= 4 is 28.9 Å². The molecule has 2 aromatic carbocycles. The van der Waals surface area contributed by atoms with E-state index < -0.39 is 7.32 Å². The van der Waals surface area contributed by atoms with Gasteiger partial charge in [0.2, 0.25) is 0 Å². The molecule has 1 saturated heterocycles. The van der Waals surface area contributed by atoms with E-state index in [-0.39, 0.29) is 0 Å². The van der Waals surface area contributed by atoms with Crippen molar-refractivity contribution in [2.75, 3.05) is 13.2 Å². The van der Waals surface area contributed by atoms with E-state index in [0.29, 0.717) is 37.0 Å². The van der Waals surface area contributed by atoms with Crippen LogP contribution in [0.15, 0.2) is 46.9 Å². The molecular formula is C18H17BBrNO4. The Balaban J connectivity index is 1.64. The van der Waals surface area contributed by atoms with Gasteiger partial charge < -0.3 is 18.7 Å². The van der Waals surface area contributed by atoms with Crippen molar-refractivity contribution in [2.24, 2.45) is 0 Å². The third kappa shape index (κ3) is 5.31. The summed E-state index contributed by atoms with van der Waals surface area (Å²) in [5.41, 5.74) is 1.52. The SMILES string of the molecule is [C-]#[N+]c1ccc(Oc2ccc(Br)c(COB3OCCCCO3)c2)cc1. The quantitative estimate of drug-likeness (QED) is 0.515. The van der Waals surface area contributed by atoms with Gasteiger partial charge in [0, 0.05) is 17.7 Å². The molecule has 0 spiro atoms. The predicted molar refractivity (Wildman–Crippen MR) is 98.6 cm³/mol. The van der Waals surface area contributed by atoms with Gasteiger partial charge in [0.15, 0.2) is 5.69 Å². The fourth-order valence-corrected chi connectivity index (χ4v) is 2.68. The van der Waals surface area contributed by atoms with Gasteiger partial charge in [-0.15, -0.1) is 0 Å². The molecule has 0 aromatic heterocycles. The second-order valence-electron chi connectivity index (χ2n) is 5.51. The van der Waals surface area contributed by atoms with Crippen LogP contribution >= 0.6 is 15.9 Å². The highest BCUT2D eigenvalue weighted by atomic mass is 79.9. The minimum Gasteiger partial charge on any atom is -0.457 e. The van der Waals surface area contributed by atoms with Gasteiger partial charge in [0.1, 0.15) is 11.5 Å². The maximum absolute atomic E-state index is 6.98. The molecule has 0 unspecified atom stereocenters. The molecule has 5 nitrogen and oxygen atoms in total. The molecule has 1 fully saturated rings. The zero-order valence-electron chi connectivity index (χ0n) is 13.6. The highest BCUT2D eigenvalue weighted by Crippen LogP contribution is 2.28. The van der Waals surface area contributed by atoms with E-state index in [1.165, 1.54) is 0 Å². The molecule has 0 amide bonds. The topological polar surface area (TPSA) is 41.3 Å². The summed E-state index contributed by atoms with van der Waals surface area (Å²) in [5.74, 6) is 1.37. The minimum atomic E-state index is -0.625. The number of hydrogen-bond acceptors (Lipinski definition) is 4. The molecule has 0 bridgehead atoms. The largest absolute Gasteiger partial charge is 0.639 e. The molecule has 0 saturated carbocycles. The first-order valence-corrected chi connectivity index (χ1v) is 8.82. The highest BCUT2D eigenvalue weighted by Gasteiger charge is 2.23. The summed E-state index contributed by atoms with van der Waals surface area (Å²) >= 11 is 3.52. The Bertz CT molecular complexity index is 740. The van der Waals surface area contributed by atoms with Crippen LogP contribution in [0.2, 0.25) is 0 Å². The number of nitrogens with zero attached hydrogens (tertiary/aromatic N) is 1. The van der Waals surface area contributed by atoms with Crippen LogP contribution in [0.25, 0.3) is 4.85 Å². The first-order valence-electron chi connectivity index (χ1n) is 8.03. The van der Waals surface area contributed by atoms with E-state index >= 15 is 0 Å². The number of ether oxygens (including phenoxy) is 1. The monoisotopic (exact) mass is 401 g/mol. The maximum atomic E-state index is 6.98. The van der Waals surface area contributed by atoms with Crippen LogP contribution in [-0.4, -0.2) is 20.5 Å². The van der Waals surface area contributed by atoms with Crippen LogP contribution in [-0.2, 0) is 20.6 Å². The molecule has 1 heterocycles. The Morgan fingerprint density at radius 2 is 1.72 bits per heavy atom. The second kappa shape index (κ2) is 9.02. The van der Waals surface area contributed by atoms with Crippen LogP contribution in [0.1, 0.15) is 18.4 Å². The van der Waals surface area contributed by atoms with E-state index in [2.05, 4.69) is 20.8 Å². The van der Waals surface area contributed by atoms with Crippen molar-refractivity contribution in [2.45, 2.75) is 19.4 Å². The van der Waals surface area contributed by atoms with Gasteiger partial charge in [-0.1, -0.05) is 28.1 Å². The Kier molecular flexibility index (Phi) is 6.48. The summed E-state index contributed by atoms with van der Waals surface area (Å²) in [4.78, 5) is 3.37. The van der Waals surface area contributed by atoms with Gasteiger partial charge in [-0.2, -0.15) is 0 Å². The Hall–Kier alpha value is -1.85. The van der Waals surface area contributed by atoms with Crippen LogP contribution < -0.4 is 4.74 Å². The number of rotatable bonds is 5. The van der Waals surface area contributed by atoms with Gasteiger partial charge in [0.05, 0.1) is 13.2 Å². The molecule has 0 aliphatic carbocycles. The summed E-state index contributed by atoms with van der Waals surface area (Å²) < 4.78 is 23.5. The fraction of sp³-hybridized carbons (Fsp3) is 0.278. The molecule has 3 rings (SSSR count). The highest BCUT2D eigenvalue weighted by molar-refractivity contribution is 9.10. The smallest absolute Gasteiger partial charge is 0.457 e. The summed E-state index contributed by atoms with van der Waals surface area (Å²) in [6.45, 7) is 8.62. The fourth-order valence-electron chi connectivity index (χ4n) is 2.32. The molecule has 2 aromatic rings. The first kappa shape index (κ1) is 18.0. The van der Waals surface area contributed by atoms with Gasteiger partial charge in [-0.05, 0) is 48.7 Å². The lowest BCUT2D eigenvalue weighted by Crippen LogP contribution is -2.25. The molecule has 0 N–H and O–H groups in total. The Labute approximate surface area is 156 Å². The van der Waals surface area contributed by atoms with Crippen molar-refractivity contribution in [3.63, 3.8) is 0 Å². The van der Waals surface area contributed by atoms with Crippen LogP contribution in [0.3, 0.4) is 0 Å². The molecule has 1 aliphatic rings. The zero-order valence-corrected chi connectivity index (χ0v) is 15.2. The molecular weight excluding hydrogens is 385 g/mol. The van der Waals surface area contributed by atoms with E-state index in [9.17, 15) is 0 Å².